The van der Waals surface area contributed by atoms with E-state index in [0.717, 1.165) is 44.2 Å². The van der Waals surface area contributed by atoms with Gasteiger partial charge in [0.2, 0.25) is 0 Å². The zero-order chi connectivity index (χ0) is 19.1. The van der Waals surface area contributed by atoms with E-state index >= 15 is 0 Å². The van der Waals surface area contributed by atoms with Crippen molar-refractivity contribution in [2.24, 2.45) is 0 Å². The molecule has 2 heterocycles. The third-order valence-electron chi connectivity index (χ3n) is 4.85. The zero-order valence-electron chi connectivity index (χ0n) is 14.7. The molecular formula is C24H14ClFN2. The largest absolute Gasteiger partial charge is 0.256 e. The molecule has 0 atom stereocenters. The van der Waals surface area contributed by atoms with Crippen LogP contribution in [0.3, 0.4) is 0 Å². The van der Waals surface area contributed by atoms with Crippen LogP contribution in [0.1, 0.15) is 0 Å². The van der Waals surface area contributed by atoms with E-state index in [9.17, 15) is 4.39 Å². The molecule has 0 spiro atoms. The molecule has 134 valence electrons. The van der Waals surface area contributed by atoms with E-state index in [1.807, 2.05) is 48.5 Å². The summed E-state index contributed by atoms with van der Waals surface area (Å²) in [5.41, 5.74) is 5.52. The van der Waals surface area contributed by atoms with Crippen LogP contribution in [0.15, 0.2) is 85.1 Å². The van der Waals surface area contributed by atoms with E-state index in [1.165, 1.54) is 12.1 Å². The Kier molecular flexibility index (Phi) is 4.03. The van der Waals surface area contributed by atoms with Gasteiger partial charge in [-0.15, -0.1) is 0 Å². The van der Waals surface area contributed by atoms with Gasteiger partial charge in [0, 0.05) is 27.6 Å². The van der Waals surface area contributed by atoms with Gasteiger partial charge in [-0.2, -0.15) is 0 Å². The maximum absolute atomic E-state index is 13.4. The molecule has 0 radical (unpaired) electrons. The second-order valence-electron chi connectivity index (χ2n) is 6.60. The van der Waals surface area contributed by atoms with E-state index in [0.29, 0.717) is 5.02 Å². The van der Waals surface area contributed by atoms with Crippen LogP contribution in [0.2, 0.25) is 5.02 Å². The van der Waals surface area contributed by atoms with Crippen LogP contribution in [0.4, 0.5) is 4.39 Å². The van der Waals surface area contributed by atoms with Gasteiger partial charge in [0.15, 0.2) is 0 Å². The third kappa shape index (κ3) is 2.90. The molecule has 2 aromatic heterocycles. The molecule has 0 aliphatic heterocycles. The maximum atomic E-state index is 13.4. The predicted octanol–water partition coefficient (Wildman–Crippen LogP) is 6.91. The van der Waals surface area contributed by atoms with E-state index in [2.05, 4.69) is 11.1 Å². The Hall–Kier alpha value is -3.30. The molecule has 0 fully saturated rings. The predicted molar refractivity (Wildman–Crippen MR) is 113 cm³/mol. The lowest BCUT2D eigenvalue weighted by Gasteiger charge is -2.13. The minimum atomic E-state index is -0.264. The number of pyridine rings is 2. The van der Waals surface area contributed by atoms with Crippen molar-refractivity contribution in [3.63, 3.8) is 0 Å². The monoisotopic (exact) mass is 384 g/mol. The van der Waals surface area contributed by atoms with Gasteiger partial charge in [0.25, 0.3) is 0 Å². The maximum Gasteiger partial charge on any atom is 0.123 e. The smallest absolute Gasteiger partial charge is 0.123 e. The van der Waals surface area contributed by atoms with Gasteiger partial charge in [-0.05, 0) is 71.8 Å². The highest BCUT2D eigenvalue weighted by Gasteiger charge is 2.13. The lowest BCUT2D eigenvalue weighted by atomic mass is 9.96. The fraction of sp³-hybridized carbons (Fsp3) is 0. The molecule has 3 aromatic carbocycles. The topological polar surface area (TPSA) is 25.8 Å². The van der Waals surface area contributed by atoms with Crippen molar-refractivity contribution in [3.05, 3.63) is 95.9 Å². The summed E-state index contributed by atoms with van der Waals surface area (Å²) in [5, 5.41) is 2.77. The van der Waals surface area contributed by atoms with E-state index in [1.54, 1.807) is 18.3 Å². The highest BCUT2D eigenvalue weighted by atomic mass is 35.5. The Morgan fingerprint density at radius 2 is 1.46 bits per heavy atom. The van der Waals surface area contributed by atoms with Crippen molar-refractivity contribution in [1.29, 1.82) is 0 Å². The summed E-state index contributed by atoms with van der Waals surface area (Å²) in [6.45, 7) is 0. The quantitative estimate of drug-likeness (QED) is 0.309. The number of nitrogens with zero attached hydrogens (tertiary/aromatic N) is 2. The van der Waals surface area contributed by atoms with Crippen molar-refractivity contribution >= 4 is 33.4 Å². The number of halogens is 2. The molecular weight excluding hydrogens is 371 g/mol. The van der Waals surface area contributed by atoms with Crippen LogP contribution >= 0.6 is 11.6 Å². The van der Waals surface area contributed by atoms with Crippen LogP contribution in [0.5, 0.6) is 0 Å². The van der Waals surface area contributed by atoms with Crippen LogP contribution < -0.4 is 0 Å². The van der Waals surface area contributed by atoms with Gasteiger partial charge in [0.1, 0.15) is 5.82 Å². The molecule has 0 amide bonds. The Morgan fingerprint density at radius 3 is 2.25 bits per heavy atom. The van der Waals surface area contributed by atoms with Crippen LogP contribution in [0, 0.1) is 5.82 Å². The number of hydrogen-bond acceptors (Lipinski definition) is 2. The van der Waals surface area contributed by atoms with Gasteiger partial charge >= 0.3 is 0 Å². The normalized spacial score (nSPS) is 11.2. The van der Waals surface area contributed by atoms with Crippen molar-refractivity contribution < 1.29 is 4.39 Å². The summed E-state index contributed by atoms with van der Waals surface area (Å²) in [4.78, 5) is 9.33. The SMILES string of the molecule is Fc1ccc(-c2cc(-c3ccc(Cl)cc3)c3c(ccc4ncccc43)n2)cc1. The van der Waals surface area contributed by atoms with Gasteiger partial charge in [-0.1, -0.05) is 29.8 Å². The Balaban J connectivity index is 1.87. The van der Waals surface area contributed by atoms with Crippen molar-refractivity contribution in [2.45, 2.75) is 0 Å². The fourth-order valence-corrected chi connectivity index (χ4v) is 3.64. The highest BCUT2D eigenvalue weighted by Crippen LogP contribution is 2.36. The Morgan fingerprint density at radius 1 is 0.750 bits per heavy atom. The number of aromatic nitrogens is 2. The molecule has 0 unspecified atom stereocenters. The summed E-state index contributed by atoms with van der Waals surface area (Å²) >= 11 is 6.10. The molecule has 0 aliphatic carbocycles. The first-order chi connectivity index (χ1) is 13.7. The summed E-state index contributed by atoms with van der Waals surface area (Å²) in [5.74, 6) is -0.264. The van der Waals surface area contributed by atoms with E-state index in [4.69, 9.17) is 16.6 Å². The average Bonchev–Trinajstić information content (AvgIpc) is 2.74. The van der Waals surface area contributed by atoms with Crippen molar-refractivity contribution in [3.8, 4) is 22.4 Å². The van der Waals surface area contributed by atoms with Gasteiger partial charge in [-0.3, -0.25) is 4.98 Å². The number of rotatable bonds is 2. The fourth-order valence-electron chi connectivity index (χ4n) is 3.51. The van der Waals surface area contributed by atoms with Crippen LogP contribution in [-0.4, -0.2) is 9.97 Å². The summed E-state index contributed by atoms with van der Waals surface area (Å²) in [6.07, 6.45) is 1.79. The molecule has 0 aliphatic rings. The van der Waals surface area contributed by atoms with Crippen LogP contribution in [-0.2, 0) is 0 Å². The summed E-state index contributed by atoms with van der Waals surface area (Å²) in [6, 6.07) is 24.2. The molecule has 5 aromatic rings. The molecule has 0 saturated heterocycles. The first-order valence-corrected chi connectivity index (χ1v) is 9.27. The summed E-state index contributed by atoms with van der Waals surface area (Å²) < 4.78 is 13.4. The average molecular weight is 385 g/mol. The zero-order valence-corrected chi connectivity index (χ0v) is 15.5. The van der Waals surface area contributed by atoms with Crippen molar-refractivity contribution in [2.75, 3.05) is 0 Å². The molecule has 28 heavy (non-hydrogen) atoms. The molecule has 4 heteroatoms. The summed E-state index contributed by atoms with van der Waals surface area (Å²) in [7, 11) is 0. The second kappa shape index (κ2) is 6.70. The minimum absolute atomic E-state index is 0.264. The molecule has 0 N–H and O–H groups in total. The van der Waals surface area contributed by atoms with E-state index in [-0.39, 0.29) is 5.82 Å². The lowest BCUT2D eigenvalue weighted by molar-refractivity contribution is 0.628. The molecule has 0 saturated carbocycles. The third-order valence-corrected chi connectivity index (χ3v) is 5.10. The number of hydrogen-bond donors (Lipinski definition) is 0. The second-order valence-corrected chi connectivity index (χ2v) is 7.04. The number of benzene rings is 3. The highest BCUT2D eigenvalue weighted by molar-refractivity contribution is 6.30. The molecule has 2 nitrogen and oxygen atoms in total. The lowest BCUT2D eigenvalue weighted by Crippen LogP contribution is -1.92. The first-order valence-electron chi connectivity index (χ1n) is 8.89. The Labute approximate surface area is 166 Å². The minimum Gasteiger partial charge on any atom is -0.256 e. The van der Waals surface area contributed by atoms with Gasteiger partial charge in [0.05, 0.1) is 16.7 Å². The molecule has 5 rings (SSSR count). The van der Waals surface area contributed by atoms with Crippen molar-refractivity contribution in [1.82, 2.24) is 9.97 Å². The molecule has 0 bridgehead atoms. The van der Waals surface area contributed by atoms with Crippen LogP contribution in [0.25, 0.3) is 44.2 Å². The van der Waals surface area contributed by atoms with Gasteiger partial charge in [-0.25, -0.2) is 9.37 Å². The Bertz CT molecular complexity index is 1310. The standard InChI is InChI=1S/C24H14ClFN2/c25-17-7-3-15(4-8-17)20-14-23(16-5-9-18(26)10-6-16)28-22-12-11-21-19(24(20)22)2-1-13-27-21/h1-14H. The van der Waals surface area contributed by atoms with E-state index < -0.39 is 0 Å². The number of fused-ring (bicyclic) bond motifs is 3. The first kappa shape index (κ1) is 16.8. The van der Waals surface area contributed by atoms with Gasteiger partial charge < -0.3 is 0 Å².